The van der Waals surface area contributed by atoms with Crippen molar-refractivity contribution in [2.45, 2.75) is 19.8 Å². The van der Waals surface area contributed by atoms with Crippen LogP contribution in [0.2, 0.25) is 0 Å². The number of benzene rings is 1. The van der Waals surface area contributed by atoms with Crippen molar-refractivity contribution in [3.8, 4) is 5.75 Å². The topological polar surface area (TPSA) is 49.8 Å². The molecule has 0 aliphatic heterocycles. The van der Waals surface area contributed by atoms with Gasteiger partial charge in [0.1, 0.15) is 5.75 Å². The Morgan fingerprint density at radius 3 is 2.71 bits per heavy atom. The summed E-state index contributed by atoms with van der Waals surface area (Å²) in [4.78, 5) is 13.4. The second-order valence-electron chi connectivity index (χ2n) is 3.93. The van der Waals surface area contributed by atoms with Gasteiger partial charge in [0.15, 0.2) is 0 Å². The van der Waals surface area contributed by atoms with E-state index in [9.17, 15) is 4.79 Å². The van der Waals surface area contributed by atoms with E-state index in [1.807, 2.05) is 25.1 Å². The lowest BCUT2D eigenvalue weighted by Gasteiger charge is -2.18. The second kappa shape index (κ2) is 6.25. The molecule has 0 aliphatic carbocycles. The Kier molecular flexibility index (Phi) is 4.97. The molecule has 4 nitrogen and oxygen atoms in total. The van der Waals surface area contributed by atoms with Gasteiger partial charge in [-0.1, -0.05) is 0 Å². The van der Waals surface area contributed by atoms with Crippen LogP contribution < -0.4 is 9.64 Å². The fraction of sp³-hybridized carbons (Fsp3) is 0.462. The summed E-state index contributed by atoms with van der Waals surface area (Å²) in [6.45, 7) is 1.98. The van der Waals surface area contributed by atoms with Crippen molar-refractivity contribution in [3.05, 3.63) is 23.8 Å². The maximum Gasteiger partial charge on any atom is 0.226 e. The van der Waals surface area contributed by atoms with Crippen LogP contribution in [0.4, 0.5) is 5.69 Å². The molecular weight excluding hydrogens is 218 g/mol. The highest BCUT2D eigenvalue weighted by atomic mass is 16.5. The van der Waals surface area contributed by atoms with Crippen molar-refractivity contribution in [2.75, 3.05) is 25.7 Å². The van der Waals surface area contributed by atoms with Gasteiger partial charge < -0.3 is 14.7 Å². The Morgan fingerprint density at radius 2 is 2.18 bits per heavy atom. The van der Waals surface area contributed by atoms with Crippen LogP contribution in [-0.4, -0.2) is 31.8 Å². The minimum absolute atomic E-state index is 0.00335. The molecule has 0 bridgehead atoms. The number of hydrogen-bond acceptors (Lipinski definition) is 3. The van der Waals surface area contributed by atoms with Crippen LogP contribution in [0.3, 0.4) is 0 Å². The first-order valence-electron chi connectivity index (χ1n) is 5.62. The number of anilines is 1. The number of aliphatic hydroxyl groups excluding tert-OH is 1. The van der Waals surface area contributed by atoms with Crippen LogP contribution in [0.25, 0.3) is 0 Å². The Hall–Kier alpha value is -1.55. The smallest absolute Gasteiger partial charge is 0.226 e. The summed E-state index contributed by atoms with van der Waals surface area (Å²) in [6.07, 6.45) is 0.858. The van der Waals surface area contributed by atoms with Gasteiger partial charge in [0.05, 0.1) is 7.11 Å². The highest BCUT2D eigenvalue weighted by molar-refractivity contribution is 5.92. The van der Waals surface area contributed by atoms with Crippen LogP contribution in [0, 0.1) is 6.92 Å². The molecule has 0 spiro atoms. The lowest BCUT2D eigenvalue weighted by molar-refractivity contribution is -0.118. The average Bonchev–Trinajstić information content (AvgIpc) is 2.34. The molecular formula is C13H19NO3. The first kappa shape index (κ1) is 13.5. The summed E-state index contributed by atoms with van der Waals surface area (Å²) >= 11 is 0. The molecule has 0 saturated carbocycles. The average molecular weight is 237 g/mol. The third-order valence-electron chi connectivity index (χ3n) is 2.69. The second-order valence-corrected chi connectivity index (χ2v) is 3.93. The van der Waals surface area contributed by atoms with Gasteiger partial charge >= 0.3 is 0 Å². The molecule has 1 aromatic carbocycles. The maximum atomic E-state index is 11.8. The van der Waals surface area contributed by atoms with E-state index in [-0.39, 0.29) is 12.5 Å². The van der Waals surface area contributed by atoms with E-state index >= 15 is 0 Å². The number of aliphatic hydroxyl groups is 1. The number of amides is 1. The maximum absolute atomic E-state index is 11.8. The van der Waals surface area contributed by atoms with E-state index in [0.717, 1.165) is 17.0 Å². The van der Waals surface area contributed by atoms with Gasteiger partial charge in [-0.05, 0) is 37.1 Å². The molecule has 0 saturated heterocycles. The first-order chi connectivity index (χ1) is 8.10. The Balaban J connectivity index is 2.78. The predicted molar refractivity (Wildman–Crippen MR) is 67.5 cm³/mol. The minimum Gasteiger partial charge on any atom is -0.496 e. The van der Waals surface area contributed by atoms with Gasteiger partial charge in [0.25, 0.3) is 0 Å². The number of hydrogen-bond donors (Lipinski definition) is 1. The zero-order valence-corrected chi connectivity index (χ0v) is 10.6. The highest BCUT2D eigenvalue weighted by Crippen LogP contribution is 2.23. The summed E-state index contributed by atoms with van der Waals surface area (Å²) in [7, 11) is 3.36. The number of rotatable bonds is 5. The summed E-state index contributed by atoms with van der Waals surface area (Å²) < 4.78 is 5.17. The van der Waals surface area contributed by atoms with Gasteiger partial charge in [-0.15, -0.1) is 0 Å². The summed E-state index contributed by atoms with van der Waals surface area (Å²) in [5, 5.41) is 8.69. The van der Waals surface area contributed by atoms with Gasteiger partial charge in [-0.3, -0.25) is 4.79 Å². The fourth-order valence-corrected chi connectivity index (χ4v) is 1.61. The van der Waals surface area contributed by atoms with Crippen LogP contribution in [0.1, 0.15) is 18.4 Å². The number of ether oxygens (including phenoxy) is 1. The molecule has 1 aromatic rings. The molecule has 0 atom stereocenters. The molecule has 1 rings (SSSR count). The van der Waals surface area contributed by atoms with E-state index in [1.165, 1.54) is 0 Å². The largest absolute Gasteiger partial charge is 0.496 e. The molecule has 1 N–H and O–H groups in total. The Bertz CT molecular complexity index is 390. The fourth-order valence-electron chi connectivity index (χ4n) is 1.61. The molecule has 17 heavy (non-hydrogen) atoms. The molecule has 0 heterocycles. The standard InChI is InChI=1S/C13H19NO3/c1-10-9-11(6-7-12(10)17-3)14(2)13(16)5-4-8-15/h6-7,9,15H,4-5,8H2,1-3H3. The zero-order chi connectivity index (χ0) is 12.8. The van der Waals surface area contributed by atoms with Gasteiger partial charge in [0, 0.05) is 25.8 Å². The predicted octanol–water partition coefficient (Wildman–Crippen LogP) is 1.74. The number of carbonyl (C=O) groups excluding carboxylic acids is 1. The van der Waals surface area contributed by atoms with E-state index in [2.05, 4.69) is 0 Å². The van der Waals surface area contributed by atoms with Crippen molar-refractivity contribution in [3.63, 3.8) is 0 Å². The van der Waals surface area contributed by atoms with E-state index in [1.54, 1.807) is 19.1 Å². The molecule has 0 radical (unpaired) electrons. The number of methoxy groups -OCH3 is 1. The van der Waals surface area contributed by atoms with Crippen molar-refractivity contribution in [2.24, 2.45) is 0 Å². The van der Waals surface area contributed by atoms with Crippen LogP contribution >= 0.6 is 0 Å². The van der Waals surface area contributed by atoms with Crippen molar-refractivity contribution >= 4 is 11.6 Å². The van der Waals surface area contributed by atoms with Gasteiger partial charge in [0.2, 0.25) is 5.91 Å². The molecule has 1 amide bonds. The Morgan fingerprint density at radius 1 is 1.47 bits per heavy atom. The van der Waals surface area contributed by atoms with Crippen molar-refractivity contribution in [1.82, 2.24) is 0 Å². The van der Waals surface area contributed by atoms with Crippen molar-refractivity contribution < 1.29 is 14.6 Å². The van der Waals surface area contributed by atoms with Gasteiger partial charge in [-0.2, -0.15) is 0 Å². The molecule has 0 unspecified atom stereocenters. The lowest BCUT2D eigenvalue weighted by atomic mass is 10.2. The minimum atomic E-state index is 0.00335. The monoisotopic (exact) mass is 237 g/mol. The molecule has 0 aromatic heterocycles. The van der Waals surface area contributed by atoms with Crippen molar-refractivity contribution in [1.29, 1.82) is 0 Å². The van der Waals surface area contributed by atoms with Crippen LogP contribution in [0.15, 0.2) is 18.2 Å². The van der Waals surface area contributed by atoms with Gasteiger partial charge in [-0.25, -0.2) is 0 Å². The first-order valence-corrected chi connectivity index (χ1v) is 5.62. The SMILES string of the molecule is COc1ccc(N(C)C(=O)CCCO)cc1C. The van der Waals surface area contributed by atoms with E-state index in [0.29, 0.717) is 12.8 Å². The number of nitrogens with zero attached hydrogens (tertiary/aromatic N) is 1. The highest BCUT2D eigenvalue weighted by Gasteiger charge is 2.11. The summed E-state index contributed by atoms with van der Waals surface area (Å²) in [5.41, 5.74) is 1.83. The number of aryl methyl sites for hydroxylation is 1. The summed E-state index contributed by atoms with van der Waals surface area (Å²) in [6, 6.07) is 5.61. The molecule has 0 fully saturated rings. The molecule has 4 heteroatoms. The van der Waals surface area contributed by atoms with Crippen LogP contribution in [0.5, 0.6) is 5.75 Å². The molecule has 94 valence electrons. The van der Waals surface area contributed by atoms with E-state index in [4.69, 9.17) is 9.84 Å². The van der Waals surface area contributed by atoms with E-state index < -0.39 is 0 Å². The summed E-state index contributed by atoms with van der Waals surface area (Å²) in [5.74, 6) is 0.813. The lowest BCUT2D eigenvalue weighted by Crippen LogP contribution is -2.26. The number of carbonyl (C=O) groups is 1. The Labute approximate surface area is 102 Å². The normalized spacial score (nSPS) is 10.1. The zero-order valence-electron chi connectivity index (χ0n) is 10.6. The third-order valence-corrected chi connectivity index (χ3v) is 2.69. The van der Waals surface area contributed by atoms with Crippen LogP contribution in [-0.2, 0) is 4.79 Å². The third kappa shape index (κ3) is 3.46. The molecule has 0 aliphatic rings. The quantitative estimate of drug-likeness (QED) is 0.848.